The third-order valence-electron chi connectivity index (χ3n) is 3.79. The molecule has 1 unspecified atom stereocenters. The smallest absolute Gasteiger partial charge is 0.0705 e. The first-order chi connectivity index (χ1) is 10.3. The standard InChI is InChI=1S/C18H19N3/c1-3-20-18(16-12-19-11-9-13(16)2)15-6-4-8-17-14(15)7-5-10-21-17/h4-12,18,20H,3H2,1-2H3. The van der Waals surface area contributed by atoms with Gasteiger partial charge in [0.1, 0.15) is 0 Å². The van der Waals surface area contributed by atoms with Crippen LogP contribution < -0.4 is 5.32 Å². The monoisotopic (exact) mass is 277 g/mol. The van der Waals surface area contributed by atoms with Crippen molar-refractivity contribution in [3.63, 3.8) is 0 Å². The molecule has 1 aromatic carbocycles. The van der Waals surface area contributed by atoms with Gasteiger partial charge in [-0.15, -0.1) is 0 Å². The van der Waals surface area contributed by atoms with Crippen LogP contribution in [-0.4, -0.2) is 16.5 Å². The number of benzene rings is 1. The fourth-order valence-corrected chi connectivity index (χ4v) is 2.75. The summed E-state index contributed by atoms with van der Waals surface area (Å²) in [6.07, 6.45) is 5.63. The summed E-state index contributed by atoms with van der Waals surface area (Å²) >= 11 is 0. The molecular weight excluding hydrogens is 258 g/mol. The predicted octanol–water partition coefficient (Wildman–Crippen LogP) is 3.64. The Balaban J connectivity index is 2.19. The Morgan fingerprint density at radius 3 is 2.76 bits per heavy atom. The number of fused-ring (bicyclic) bond motifs is 1. The van der Waals surface area contributed by atoms with E-state index in [9.17, 15) is 0 Å². The van der Waals surface area contributed by atoms with Crippen LogP contribution in [0.1, 0.15) is 29.7 Å². The summed E-state index contributed by atoms with van der Waals surface area (Å²) in [5.41, 5.74) is 4.74. The van der Waals surface area contributed by atoms with Crippen molar-refractivity contribution in [3.05, 3.63) is 71.7 Å². The van der Waals surface area contributed by atoms with E-state index >= 15 is 0 Å². The third-order valence-corrected chi connectivity index (χ3v) is 3.79. The molecule has 3 rings (SSSR count). The number of aryl methyl sites for hydroxylation is 1. The van der Waals surface area contributed by atoms with Crippen molar-refractivity contribution in [1.82, 2.24) is 15.3 Å². The van der Waals surface area contributed by atoms with Crippen LogP contribution in [0.25, 0.3) is 10.9 Å². The molecule has 106 valence electrons. The van der Waals surface area contributed by atoms with Gasteiger partial charge in [-0.05, 0) is 48.4 Å². The average molecular weight is 277 g/mol. The largest absolute Gasteiger partial charge is 0.306 e. The number of pyridine rings is 2. The van der Waals surface area contributed by atoms with Crippen LogP contribution in [0.5, 0.6) is 0 Å². The summed E-state index contributed by atoms with van der Waals surface area (Å²) in [6.45, 7) is 5.16. The fraction of sp³-hybridized carbons (Fsp3) is 0.222. The molecule has 0 bridgehead atoms. The molecule has 0 saturated carbocycles. The van der Waals surface area contributed by atoms with E-state index < -0.39 is 0 Å². The van der Waals surface area contributed by atoms with Crippen molar-refractivity contribution < 1.29 is 0 Å². The van der Waals surface area contributed by atoms with Gasteiger partial charge >= 0.3 is 0 Å². The van der Waals surface area contributed by atoms with Gasteiger partial charge in [0.05, 0.1) is 11.6 Å². The second-order valence-electron chi connectivity index (χ2n) is 5.14. The minimum Gasteiger partial charge on any atom is -0.306 e. The zero-order valence-corrected chi connectivity index (χ0v) is 12.4. The van der Waals surface area contributed by atoms with Crippen LogP contribution in [0, 0.1) is 6.92 Å². The summed E-state index contributed by atoms with van der Waals surface area (Å²) in [7, 11) is 0. The van der Waals surface area contributed by atoms with Gasteiger partial charge in [-0.3, -0.25) is 9.97 Å². The van der Waals surface area contributed by atoms with E-state index in [2.05, 4.69) is 59.5 Å². The molecule has 2 heterocycles. The quantitative estimate of drug-likeness (QED) is 0.791. The Bertz CT molecular complexity index is 747. The van der Waals surface area contributed by atoms with Crippen molar-refractivity contribution >= 4 is 10.9 Å². The summed E-state index contributed by atoms with van der Waals surface area (Å²) in [6, 6.07) is 12.6. The number of nitrogens with one attached hydrogen (secondary N) is 1. The molecule has 1 N–H and O–H groups in total. The molecule has 0 aliphatic heterocycles. The van der Waals surface area contributed by atoms with Crippen molar-refractivity contribution in [2.75, 3.05) is 6.54 Å². The van der Waals surface area contributed by atoms with Gasteiger partial charge in [-0.2, -0.15) is 0 Å². The van der Waals surface area contributed by atoms with E-state index in [1.807, 2.05) is 24.7 Å². The lowest BCUT2D eigenvalue weighted by Crippen LogP contribution is -2.23. The lowest BCUT2D eigenvalue weighted by Gasteiger charge is -2.21. The highest BCUT2D eigenvalue weighted by Crippen LogP contribution is 2.29. The molecule has 3 nitrogen and oxygen atoms in total. The second kappa shape index (κ2) is 6.02. The van der Waals surface area contributed by atoms with Crippen LogP contribution in [-0.2, 0) is 0 Å². The van der Waals surface area contributed by atoms with Gasteiger partial charge in [0, 0.05) is 24.0 Å². The number of nitrogens with zero attached hydrogens (tertiary/aromatic N) is 2. The molecule has 2 aromatic heterocycles. The van der Waals surface area contributed by atoms with Gasteiger partial charge in [0.15, 0.2) is 0 Å². The maximum atomic E-state index is 4.46. The summed E-state index contributed by atoms with van der Waals surface area (Å²) < 4.78 is 0. The highest BCUT2D eigenvalue weighted by Gasteiger charge is 2.17. The van der Waals surface area contributed by atoms with E-state index in [4.69, 9.17) is 0 Å². The van der Waals surface area contributed by atoms with E-state index in [1.54, 1.807) is 0 Å². The lowest BCUT2D eigenvalue weighted by molar-refractivity contribution is 0.629. The SMILES string of the molecule is CCNC(c1cnccc1C)c1cccc2ncccc12. The molecule has 0 saturated heterocycles. The molecule has 0 spiro atoms. The zero-order chi connectivity index (χ0) is 14.7. The summed E-state index contributed by atoms with van der Waals surface area (Å²) in [5, 5.41) is 4.77. The topological polar surface area (TPSA) is 37.8 Å². The number of hydrogen-bond donors (Lipinski definition) is 1. The van der Waals surface area contributed by atoms with Crippen LogP contribution in [0.2, 0.25) is 0 Å². The van der Waals surface area contributed by atoms with Gasteiger partial charge in [-0.25, -0.2) is 0 Å². The fourth-order valence-electron chi connectivity index (χ4n) is 2.75. The maximum Gasteiger partial charge on any atom is 0.0705 e. The molecule has 0 aliphatic carbocycles. The second-order valence-corrected chi connectivity index (χ2v) is 5.14. The lowest BCUT2D eigenvalue weighted by atomic mass is 9.93. The Kier molecular flexibility index (Phi) is 3.93. The van der Waals surface area contributed by atoms with Gasteiger partial charge in [-0.1, -0.05) is 25.1 Å². The maximum absolute atomic E-state index is 4.46. The van der Waals surface area contributed by atoms with Crippen LogP contribution in [0.15, 0.2) is 55.0 Å². The molecule has 1 atom stereocenters. The molecule has 0 fully saturated rings. The van der Waals surface area contributed by atoms with Crippen molar-refractivity contribution in [1.29, 1.82) is 0 Å². The Morgan fingerprint density at radius 2 is 1.95 bits per heavy atom. The van der Waals surface area contributed by atoms with Crippen molar-refractivity contribution in [2.24, 2.45) is 0 Å². The predicted molar refractivity (Wildman–Crippen MR) is 86.2 cm³/mol. The normalized spacial score (nSPS) is 12.5. The number of hydrogen-bond acceptors (Lipinski definition) is 3. The van der Waals surface area contributed by atoms with Crippen LogP contribution >= 0.6 is 0 Å². The zero-order valence-electron chi connectivity index (χ0n) is 12.4. The Morgan fingerprint density at radius 1 is 1.05 bits per heavy atom. The summed E-state index contributed by atoms with van der Waals surface area (Å²) in [4.78, 5) is 8.76. The Hall–Kier alpha value is -2.26. The number of aromatic nitrogens is 2. The van der Waals surface area contributed by atoms with Gasteiger partial charge in [0.2, 0.25) is 0 Å². The van der Waals surface area contributed by atoms with Crippen LogP contribution in [0.4, 0.5) is 0 Å². The molecule has 3 heteroatoms. The van der Waals surface area contributed by atoms with E-state index in [-0.39, 0.29) is 6.04 Å². The Labute approximate surface area is 125 Å². The first kappa shape index (κ1) is 13.7. The first-order valence-electron chi connectivity index (χ1n) is 7.28. The summed E-state index contributed by atoms with van der Waals surface area (Å²) in [5.74, 6) is 0. The highest BCUT2D eigenvalue weighted by molar-refractivity contribution is 5.83. The minimum atomic E-state index is 0.136. The van der Waals surface area contributed by atoms with Crippen molar-refractivity contribution in [2.45, 2.75) is 19.9 Å². The molecule has 0 radical (unpaired) electrons. The van der Waals surface area contributed by atoms with E-state index in [1.165, 1.54) is 22.1 Å². The average Bonchev–Trinajstić information content (AvgIpc) is 2.53. The number of rotatable bonds is 4. The van der Waals surface area contributed by atoms with E-state index in [0.717, 1.165) is 12.1 Å². The molecule has 3 aromatic rings. The van der Waals surface area contributed by atoms with E-state index in [0.29, 0.717) is 0 Å². The first-order valence-corrected chi connectivity index (χ1v) is 7.28. The molecule has 0 amide bonds. The minimum absolute atomic E-state index is 0.136. The molecule has 0 aliphatic rings. The van der Waals surface area contributed by atoms with Gasteiger partial charge < -0.3 is 5.32 Å². The molecular formula is C18H19N3. The molecule has 21 heavy (non-hydrogen) atoms. The highest BCUT2D eigenvalue weighted by atomic mass is 14.9. The van der Waals surface area contributed by atoms with Crippen LogP contribution in [0.3, 0.4) is 0 Å². The van der Waals surface area contributed by atoms with Crippen molar-refractivity contribution in [3.8, 4) is 0 Å². The third kappa shape index (κ3) is 2.65. The van der Waals surface area contributed by atoms with Gasteiger partial charge in [0.25, 0.3) is 0 Å².